The number of halogens is 1. The summed E-state index contributed by atoms with van der Waals surface area (Å²) in [6.07, 6.45) is 4.29. The Morgan fingerprint density at radius 2 is 2.14 bits per heavy atom. The van der Waals surface area contributed by atoms with Crippen molar-refractivity contribution < 1.29 is 18.4 Å². The second-order valence-electron chi connectivity index (χ2n) is 3.92. The van der Waals surface area contributed by atoms with E-state index in [0.717, 1.165) is 0 Å². The molecule has 0 saturated heterocycles. The fraction of sp³-hybridized carbons (Fsp3) is 0.0769. The highest BCUT2D eigenvalue weighted by Gasteiger charge is 2.19. The van der Waals surface area contributed by atoms with Gasteiger partial charge in [-0.25, -0.2) is 19.7 Å². The molecule has 3 aromatic heterocycles. The number of ether oxygens (including phenoxy) is 1. The van der Waals surface area contributed by atoms with Crippen LogP contribution in [0.5, 0.6) is 0 Å². The Bertz CT molecular complexity index is 783. The molecule has 3 aromatic rings. The van der Waals surface area contributed by atoms with Gasteiger partial charge in [-0.2, -0.15) is 0 Å². The summed E-state index contributed by atoms with van der Waals surface area (Å²) >= 11 is 5.82. The third-order valence-corrected chi connectivity index (χ3v) is 2.87. The van der Waals surface area contributed by atoms with Crippen LogP contribution in [0.15, 0.2) is 39.8 Å². The number of hydrogen-bond acceptors (Lipinski definition) is 7. The summed E-state index contributed by atoms with van der Waals surface area (Å²) in [5, 5.41) is 0.0456. The van der Waals surface area contributed by atoms with Gasteiger partial charge in [0, 0.05) is 6.20 Å². The summed E-state index contributed by atoms with van der Waals surface area (Å²) in [5.41, 5.74) is 0.935. The summed E-state index contributed by atoms with van der Waals surface area (Å²) in [6, 6.07) is 3.08. The molecule has 0 aliphatic rings. The Morgan fingerprint density at radius 3 is 2.86 bits per heavy atom. The fourth-order valence-electron chi connectivity index (χ4n) is 1.75. The van der Waals surface area contributed by atoms with Crippen LogP contribution in [0.1, 0.15) is 10.6 Å². The zero-order chi connectivity index (χ0) is 14.8. The van der Waals surface area contributed by atoms with Gasteiger partial charge in [-0.05, 0) is 23.7 Å². The van der Waals surface area contributed by atoms with Crippen LogP contribution in [0, 0.1) is 0 Å². The van der Waals surface area contributed by atoms with E-state index in [1.165, 1.54) is 32.0 Å². The van der Waals surface area contributed by atoms with Crippen molar-refractivity contribution in [3.05, 3.63) is 42.0 Å². The highest BCUT2D eigenvalue weighted by Crippen LogP contribution is 2.31. The largest absolute Gasteiger partial charge is 0.463 e. The first-order chi connectivity index (χ1) is 10.2. The molecule has 0 aliphatic heterocycles. The Hall–Kier alpha value is -2.67. The molecule has 0 spiro atoms. The number of aromatic nitrogens is 3. The average Bonchev–Trinajstić information content (AvgIpc) is 3.17. The summed E-state index contributed by atoms with van der Waals surface area (Å²) in [7, 11) is 1.27. The summed E-state index contributed by atoms with van der Waals surface area (Å²) in [6.45, 7) is 0. The fourth-order valence-corrected chi connectivity index (χ4v) is 1.89. The molecule has 0 atom stereocenters. The Balaban J connectivity index is 2.11. The minimum atomic E-state index is -0.581. The molecular formula is C13H8ClN3O4. The number of methoxy groups -OCH3 is 1. The van der Waals surface area contributed by atoms with E-state index in [0.29, 0.717) is 22.8 Å². The van der Waals surface area contributed by atoms with Crippen LogP contribution in [-0.2, 0) is 4.74 Å². The highest BCUT2D eigenvalue weighted by molar-refractivity contribution is 6.28. The number of carbonyl (C=O) groups excluding carboxylic acids is 1. The van der Waals surface area contributed by atoms with Crippen molar-refractivity contribution >= 4 is 17.6 Å². The van der Waals surface area contributed by atoms with E-state index in [1.807, 2.05) is 0 Å². The van der Waals surface area contributed by atoms with Gasteiger partial charge in [0.05, 0.1) is 18.9 Å². The van der Waals surface area contributed by atoms with Crippen molar-refractivity contribution in [2.45, 2.75) is 0 Å². The third-order valence-electron chi connectivity index (χ3n) is 2.68. The lowest BCUT2D eigenvalue weighted by Crippen LogP contribution is -1.98. The Kier molecular flexibility index (Phi) is 3.41. The first kappa shape index (κ1) is 13.3. The SMILES string of the molecule is COC(=O)c1ccc(-c2nc(Cl)ncc2-c2cnco2)o1. The molecule has 106 valence electrons. The van der Waals surface area contributed by atoms with Gasteiger partial charge in [-0.1, -0.05) is 0 Å². The van der Waals surface area contributed by atoms with Gasteiger partial charge in [0.25, 0.3) is 0 Å². The van der Waals surface area contributed by atoms with E-state index in [1.54, 1.807) is 6.07 Å². The molecule has 0 N–H and O–H groups in total. The number of nitrogens with zero attached hydrogens (tertiary/aromatic N) is 3. The van der Waals surface area contributed by atoms with Gasteiger partial charge in [0.15, 0.2) is 17.9 Å². The molecule has 3 heterocycles. The lowest BCUT2D eigenvalue weighted by molar-refractivity contribution is 0.0566. The van der Waals surface area contributed by atoms with Gasteiger partial charge >= 0.3 is 5.97 Å². The van der Waals surface area contributed by atoms with Gasteiger partial charge in [0.1, 0.15) is 5.69 Å². The van der Waals surface area contributed by atoms with E-state index < -0.39 is 5.97 Å². The number of esters is 1. The average molecular weight is 306 g/mol. The maximum absolute atomic E-state index is 11.4. The summed E-state index contributed by atoms with van der Waals surface area (Å²) in [5.74, 6) is 0.275. The highest BCUT2D eigenvalue weighted by atomic mass is 35.5. The number of rotatable bonds is 3. The molecule has 8 heteroatoms. The number of hydrogen-bond donors (Lipinski definition) is 0. The minimum Gasteiger partial charge on any atom is -0.463 e. The maximum atomic E-state index is 11.4. The molecule has 0 aromatic carbocycles. The Labute approximate surface area is 123 Å². The number of oxazole rings is 1. The normalized spacial score (nSPS) is 10.6. The predicted molar refractivity (Wildman–Crippen MR) is 71.6 cm³/mol. The standard InChI is InChI=1S/C13H8ClN3O4/c1-19-12(18)9-3-2-8(21-9)11-7(4-16-13(14)17-11)10-5-15-6-20-10/h2-6H,1H3. The van der Waals surface area contributed by atoms with Crippen LogP contribution in [-0.4, -0.2) is 28.0 Å². The second kappa shape index (κ2) is 5.37. The molecule has 0 amide bonds. The summed E-state index contributed by atoms with van der Waals surface area (Å²) < 4.78 is 15.3. The van der Waals surface area contributed by atoms with Crippen LogP contribution in [0.3, 0.4) is 0 Å². The van der Waals surface area contributed by atoms with Crippen molar-refractivity contribution in [2.24, 2.45) is 0 Å². The lowest BCUT2D eigenvalue weighted by atomic mass is 10.1. The van der Waals surface area contributed by atoms with Crippen LogP contribution in [0.25, 0.3) is 22.8 Å². The van der Waals surface area contributed by atoms with E-state index in [4.69, 9.17) is 20.4 Å². The van der Waals surface area contributed by atoms with Gasteiger partial charge in [-0.15, -0.1) is 0 Å². The third kappa shape index (κ3) is 2.50. The van der Waals surface area contributed by atoms with Crippen molar-refractivity contribution in [2.75, 3.05) is 7.11 Å². The zero-order valence-electron chi connectivity index (χ0n) is 10.7. The maximum Gasteiger partial charge on any atom is 0.373 e. The molecule has 7 nitrogen and oxygen atoms in total. The van der Waals surface area contributed by atoms with Crippen molar-refractivity contribution in [3.63, 3.8) is 0 Å². The summed E-state index contributed by atoms with van der Waals surface area (Å²) in [4.78, 5) is 23.3. The van der Waals surface area contributed by atoms with E-state index >= 15 is 0 Å². The van der Waals surface area contributed by atoms with Crippen molar-refractivity contribution in [1.29, 1.82) is 0 Å². The van der Waals surface area contributed by atoms with E-state index in [2.05, 4.69) is 19.7 Å². The quantitative estimate of drug-likeness (QED) is 0.542. The molecular weight excluding hydrogens is 298 g/mol. The minimum absolute atomic E-state index is 0.0456. The van der Waals surface area contributed by atoms with Gasteiger partial charge < -0.3 is 13.6 Å². The molecule has 0 saturated carbocycles. The zero-order valence-corrected chi connectivity index (χ0v) is 11.5. The molecule has 0 radical (unpaired) electrons. The number of carbonyl (C=O) groups is 1. The molecule has 21 heavy (non-hydrogen) atoms. The molecule has 0 unspecified atom stereocenters. The van der Waals surface area contributed by atoms with Gasteiger partial charge in [0.2, 0.25) is 11.0 Å². The topological polar surface area (TPSA) is 91.2 Å². The molecule has 0 fully saturated rings. The predicted octanol–water partition coefficient (Wildman–Crippen LogP) is 2.83. The second-order valence-corrected chi connectivity index (χ2v) is 4.26. The van der Waals surface area contributed by atoms with Crippen LogP contribution in [0.2, 0.25) is 5.28 Å². The first-order valence-corrected chi connectivity index (χ1v) is 6.16. The lowest BCUT2D eigenvalue weighted by Gasteiger charge is -2.03. The molecule has 3 rings (SSSR count). The Morgan fingerprint density at radius 1 is 1.29 bits per heavy atom. The van der Waals surface area contributed by atoms with Gasteiger partial charge in [-0.3, -0.25) is 0 Å². The van der Waals surface area contributed by atoms with Crippen LogP contribution in [0.4, 0.5) is 0 Å². The van der Waals surface area contributed by atoms with Crippen molar-refractivity contribution in [1.82, 2.24) is 15.0 Å². The number of furan rings is 1. The van der Waals surface area contributed by atoms with E-state index in [-0.39, 0.29) is 11.0 Å². The smallest absolute Gasteiger partial charge is 0.373 e. The van der Waals surface area contributed by atoms with Crippen molar-refractivity contribution in [3.8, 4) is 22.8 Å². The van der Waals surface area contributed by atoms with E-state index in [9.17, 15) is 4.79 Å². The first-order valence-electron chi connectivity index (χ1n) is 5.79. The molecule has 0 aliphatic carbocycles. The van der Waals surface area contributed by atoms with Crippen LogP contribution >= 0.6 is 11.6 Å². The molecule has 0 bridgehead atoms. The van der Waals surface area contributed by atoms with Crippen LogP contribution < -0.4 is 0 Å². The monoisotopic (exact) mass is 305 g/mol.